The number of amides is 2. The fourth-order valence-electron chi connectivity index (χ4n) is 1.78. The van der Waals surface area contributed by atoms with Gasteiger partial charge in [-0.25, -0.2) is 9.86 Å². The summed E-state index contributed by atoms with van der Waals surface area (Å²) in [6.45, 7) is 0.417. The lowest BCUT2D eigenvalue weighted by Crippen LogP contribution is -2.36. The Morgan fingerprint density at radius 1 is 1.80 bits per heavy atom. The van der Waals surface area contributed by atoms with Crippen LogP contribution in [0.25, 0.3) is 0 Å². The molecular weight excluding hydrogens is 212 g/mol. The molecule has 0 bridgehead atoms. The van der Waals surface area contributed by atoms with Gasteiger partial charge in [-0.2, -0.15) is 11.3 Å². The molecule has 1 saturated carbocycles. The first-order valence-electron chi connectivity index (χ1n) is 4.92. The number of nitrogens with zero attached hydrogens (tertiary/aromatic N) is 1. The predicted octanol–water partition coefficient (Wildman–Crippen LogP) is 1.88. The van der Waals surface area contributed by atoms with Crippen molar-refractivity contribution in [3.63, 3.8) is 0 Å². The monoisotopic (exact) mass is 226 g/mol. The van der Waals surface area contributed by atoms with Gasteiger partial charge in [0.25, 0.3) is 0 Å². The Morgan fingerprint density at radius 3 is 3.20 bits per heavy atom. The van der Waals surface area contributed by atoms with Crippen molar-refractivity contribution in [2.45, 2.75) is 12.3 Å². The first-order chi connectivity index (χ1) is 7.22. The fraction of sp³-hybridized carbons (Fsp3) is 0.500. The molecule has 1 aliphatic carbocycles. The summed E-state index contributed by atoms with van der Waals surface area (Å²) in [6.07, 6.45) is 1.06. The molecule has 0 aromatic carbocycles. The minimum Gasteiger partial charge on any atom is -0.339 e. The Balaban J connectivity index is 1.82. The minimum atomic E-state index is -0.439. The van der Waals surface area contributed by atoms with E-state index in [-0.39, 0.29) is 0 Å². The number of hydroxylamine groups is 2. The van der Waals surface area contributed by atoms with E-state index in [1.54, 1.807) is 11.3 Å². The van der Waals surface area contributed by atoms with Crippen LogP contribution in [0, 0.1) is 5.92 Å². The summed E-state index contributed by atoms with van der Waals surface area (Å²) in [5.74, 6) is 0.928. The van der Waals surface area contributed by atoms with Crippen LogP contribution in [0.4, 0.5) is 4.79 Å². The Kier molecular flexibility index (Phi) is 2.93. The molecule has 0 saturated heterocycles. The molecule has 1 heterocycles. The highest BCUT2D eigenvalue weighted by Crippen LogP contribution is 2.48. The molecule has 0 radical (unpaired) electrons. The number of hydrogen-bond donors (Lipinski definition) is 2. The highest BCUT2D eigenvalue weighted by atomic mass is 32.1. The molecule has 0 spiro atoms. The highest BCUT2D eigenvalue weighted by molar-refractivity contribution is 7.08. The fourth-order valence-corrected chi connectivity index (χ4v) is 2.50. The van der Waals surface area contributed by atoms with Crippen LogP contribution in [-0.2, 0) is 0 Å². The maximum Gasteiger partial charge on any atom is 0.340 e. The Hall–Kier alpha value is -1.07. The molecular formula is C10H14N2O2S. The summed E-state index contributed by atoms with van der Waals surface area (Å²) in [5.41, 5.74) is 1.33. The van der Waals surface area contributed by atoms with Crippen molar-refractivity contribution in [3.8, 4) is 0 Å². The average Bonchev–Trinajstić information content (AvgIpc) is 2.81. The third-order valence-corrected chi connectivity index (χ3v) is 3.45. The van der Waals surface area contributed by atoms with Crippen molar-refractivity contribution in [2.24, 2.45) is 5.92 Å². The lowest BCUT2D eigenvalue weighted by molar-refractivity contribution is -0.0462. The molecule has 2 amide bonds. The first kappa shape index (κ1) is 10.4. The smallest absolute Gasteiger partial charge is 0.339 e. The van der Waals surface area contributed by atoms with E-state index in [9.17, 15) is 10.0 Å². The maximum absolute atomic E-state index is 11.0. The summed E-state index contributed by atoms with van der Waals surface area (Å²) >= 11 is 1.68. The van der Waals surface area contributed by atoms with Crippen molar-refractivity contribution in [1.82, 2.24) is 10.4 Å². The molecule has 4 nitrogen and oxygen atoms in total. The van der Waals surface area contributed by atoms with Crippen molar-refractivity contribution in [3.05, 3.63) is 22.4 Å². The van der Waals surface area contributed by atoms with E-state index in [2.05, 4.69) is 22.1 Å². The molecule has 0 unspecified atom stereocenters. The number of carbonyl (C=O) groups excluding carboxylic acids is 1. The van der Waals surface area contributed by atoms with Gasteiger partial charge in [-0.05, 0) is 40.6 Å². The molecule has 1 aromatic heterocycles. The Morgan fingerprint density at radius 2 is 2.60 bits per heavy atom. The number of thiophene rings is 1. The molecule has 0 aliphatic heterocycles. The summed E-state index contributed by atoms with van der Waals surface area (Å²) in [4.78, 5) is 11.0. The second-order valence-corrected chi connectivity index (χ2v) is 4.58. The zero-order valence-electron chi connectivity index (χ0n) is 8.51. The van der Waals surface area contributed by atoms with E-state index >= 15 is 0 Å². The Bertz CT molecular complexity index is 339. The van der Waals surface area contributed by atoms with E-state index in [4.69, 9.17) is 0 Å². The van der Waals surface area contributed by atoms with Gasteiger partial charge in [0.2, 0.25) is 0 Å². The number of nitrogens with one attached hydrogen (secondary N) is 1. The topological polar surface area (TPSA) is 52.6 Å². The minimum absolute atomic E-state index is 0.405. The Labute approximate surface area is 92.5 Å². The van der Waals surface area contributed by atoms with Crippen LogP contribution in [0.2, 0.25) is 0 Å². The third kappa shape index (κ3) is 2.30. The number of rotatable bonds is 3. The lowest BCUT2D eigenvalue weighted by atomic mass is 10.2. The summed E-state index contributed by atoms with van der Waals surface area (Å²) in [6, 6.07) is 1.67. The van der Waals surface area contributed by atoms with Gasteiger partial charge in [0, 0.05) is 7.05 Å². The molecule has 2 rings (SSSR count). The zero-order chi connectivity index (χ0) is 10.8. The van der Waals surface area contributed by atoms with Gasteiger partial charge in [0.15, 0.2) is 0 Å². The van der Waals surface area contributed by atoms with Crippen molar-refractivity contribution in [2.75, 3.05) is 13.6 Å². The normalized spacial score (nSPS) is 23.6. The quantitative estimate of drug-likeness (QED) is 0.610. The summed E-state index contributed by atoms with van der Waals surface area (Å²) in [7, 11) is 1.51. The van der Waals surface area contributed by atoms with Gasteiger partial charge < -0.3 is 5.32 Å². The maximum atomic E-state index is 11.0. The van der Waals surface area contributed by atoms with Crippen molar-refractivity contribution >= 4 is 17.4 Å². The van der Waals surface area contributed by atoms with E-state index < -0.39 is 6.03 Å². The van der Waals surface area contributed by atoms with E-state index in [0.29, 0.717) is 18.4 Å². The molecule has 82 valence electrons. The second kappa shape index (κ2) is 4.20. The van der Waals surface area contributed by atoms with Crippen LogP contribution in [0.15, 0.2) is 16.8 Å². The SMILES string of the molecule is CNC(=O)N(O)C[C@@H]1C[C@H]1c1ccsc1. The van der Waals surface area contributed by atoms with Crippen LogP contribution in [0.1, 0.15) is 17.9 Å². The zero-order valence-corrected chi connectivity index (χ0v) is 9.33. The molecule has 5 heteroatoms. The number of carbonyl (C=O) groups is 1. The van der Waals surface area contributed by atoms with Gasteiger partial charge in [0.05, 0.1) is 6.54 Å². The van der Waals surface area contributed by atoms with E-state index in [0.717, 1.165) is 11.5 Å². The van der Waals surface area contributed by atoms with Gasteiger partial charge in [-0.1, -0.05) is 0 Å². The van der Waals surface area contributed by atoms with Crippen molar-refractivity contribution in [1.29, 1.82) is 0 Å². The van der Waals surface area contributed by atoms with Crippen LogP contribution in [0.3, 0.4) is 0 Å². The molecule has 1 fully saturated rings. The van der Waals surface area contributed by atoms with Gasteiger partial charge in [0.1, 0.15) is 0 Å². The van der Waals surface area contributed by atoms with Gasteiger partial charge in [-0.15, -0.1) is 0 Å². The standard InChI is InChI=1S/C10H14N2O2S/c1-11-10(13)12(14)5-8-4-9(8)7-2-3-15-6-7/h2-3,6,8-9,14H,4-5H2,1H3,(H,11,13)/t8-,9-/m0/s1. The molecule has 2 atom stereocenters. The van der Waals surface area contributed by atoms with Crippen LogP contribution in [0.5, 0.6) is 0 Å². The van der Waals surface area contributed by atoms with Crippen LogP contribution in [-0.4, -0.2) is 29.9 Å². The van der Waals surface area contributed by atoms with Gasteiger partial charge in [-0.3, -0.25) is 5.21 Å². The summed E-state index contributed by atoms with van der Waals surface area (Å²) in [5, 5.41) is 16.7. The molecule has 1 aliphatic rings. The van der Waals surface area contributed by atoms with Gasteiger partial charge >= 0.3 is 6.03 Å². The van der Waals surface area contributed by atoms with E-state index in [1.807, 2.05) is 0 Å². The summed E-state index contributed by atoms with van der Waals surface area (Å²) < 4.78 is 0. The number of hydrogen-bond acceptors (Lipinski definition) is 3. The molecule has 15 heavy (non-hydrogen) atoms. The van der Waals surface area contributed by atoms with Crippen LogP contribution >= 0.6 is 11.3 Å². The highest BCUT2D eigenvalue weighted by Gasteiger charge is 2.40. The predicted molar refractivity (Wildman–Crippen MR) is 58.1 cm³/mol. The molecule has 1 aromatic rings. The van der Waals surface area contributed by atoms with E-state index in [1.165, 1.54) is 12.6 Å². The largest absolute Gasteiger partial charge is 0.340 e. The lowest BCUT2D eigenvalue weighted by Gasteiger charge is -2.13. The van der Waals surface area contributed by atoms with Crippen molar-refractivity contribution < 1.29 is 10.0 Å². The molecule has 2 N–H and O–H groups in total. The second-order valence-electron chi connectivity index (χ2n) is 3.80. The number of urea groups is 1. The first-order valence-corrected chi connectivity index (χ1v) is 5.87. The van der Waals surface area contributed by atoms with Crippen LogP contribution < -0.4 is 5.32 Å². The third-order valence-electron chi connectivity index (χ3n) is 2.75. The average molecular weight is 226 g/mol.